The van der Waals surface area contributed by atoms with Crippen LogP contribution in [-0.2, 0) is 38.8 Å². The molecular weight excluding hydrogens is 858 g/mol. The number of carboxylic acid groups (broad SMARTS) is 2. The van der Waals surface area contributed by atoms with Gasteiger partial charge in [0.05, 0.1) is 22.4 Å². The number of hydrogen-bond donors (Lipinski definition) is 5. The van der Waals surface area contributed by atoms with Crippen molar-refractivity contribution >= 4 is 90.2 Å². The number of benzene rings is 4. The van der Waals surface area contributed by atoms with Crippen LogP contribution >= 0.6 is 48.0 Å². The first-order valence-electron chi connectivity index (χ1n) is 18.0. The summed E-state index contributed by atoms with van der Waals surface area (Å²) in [5.41, 5.74) is 8.12. The monoisotopic (exact) mass is 896 g/mol. The van der Waals surface area contributed by atoms with Crippen molar-refractivity contribution in [2.24, 2.45) is 0 Å². The predicted molar refractivity (Wildman–Crippen MR) is 235 cm³/mol. The summed E-state index contributed by atoms with van der Waals surface area (Å²) >= 11 is 11.9. The second kappa shape index (κ2) is 23.2. The topological polar surface area (TPSA) is 180 Å². The number of pyridine rings is 2. The van der Waals surface area contributed by atoms with E-state index >= 15 is 0 Å². The summed E-state index contributed by atoms with van der Waals surface area (Å²) in [7, 11) is 0. The van der Waals surface area contributed by atoms with Gasteiger partial charge in [-0.05, 0) is 83.6 Å². The molecule has 4 heterocycles. The second-order valence-corrected chi connectivity index (χ2v) is 14.4. The molecule has 6 aromatic rings. The summed E-state index contributed by atoms with van der Waals surface area (Å²) in [5.74, 6) is -2.84. The van der Waals surface area contributed by atoms with E-state index in [0.29, 0.717) is 62.6 Å². The Morgan fingerprint density at radius 3 is 1.60 bits per heavy atom. The third-order valence-corrected chi connectivity index (χ3v) is 10.7. The van der Waals surface area contributed by atoms with Crippen molar-refractivity contribution in [2.45, 2.75) is 45.7 Å². The number of fused-ring (bicyclic) bond motifs is 6. The molecule has 4 aromatic carbocycles. The number of hydrogen-bond acceptors (Lipinski definition) is 9. The molecule has 0 spiro atoms. The molecule has 0 saturated heterocycles. The number of rotatable bonds is 7. The van der Waals surface area contributed by atoms with Gasteiger partial charge in [0.2, 0.25) is 0 Å². The molecule has 2 aliphatic rings. The molecule has 3 radical (unpaired) electrons. The van der Waals surface area contributed by atoms with E-state index in [-0.39, 0.29) is 85.4 Å². The van der Waals surface area contributed by atoms with E-state index in [1.165, 1.54) is 11.1 Å². The van der Waals surface area contributed by atoms with Crippen molar-refractivity contribution in [1.82, 2.24) is 20.2 Å². The van der Waals surface area contributed by atoms with Gasteiger partial charge in [-0.3, -0.25) is 4.90 Å². The van der Waals surface area contributed by atoms with E-state index in [1.54, 1.807) is 36.4 Å². The van der Waals surface area contributed by atoms with E-state index < -0.39 is 11.9 Å². The third-order valence-electron chi connectivity index (χ3n) is 10.2. The van der Waals surface area contributed by atoms with E-state index in [2.05, 4.69) is 22.1 Å². The van der Waals surface area contributed by atoms with Crippen molar-refractivity contribution in [3.05, 3.63) is 145 Å². The molecule has 0 atom stereocenters. The standard InChI is InChI=1S/C22H21ClN2O3.C20H17ClN2O3.CN.B.2ClH.Na/c1-2-25-10-9-14-5-8-16-19(22(27)28)21(26)18(24-20(16)17(14)12-25)11-13-3-6-15(23)7-4-13;21-13-4-1-11(2-5-13)9-16-19(24)17(20(25)26)14-6-3-12-7-8-22-10-15(12)18(14)23-16;1-2;;;;/h3-8,26H,2,9-12H2,1H3,(H,27,28);1-6,22,24H,7-10H2,(H,25,26);;;2*1H;/q;;-1;;;;+1. The van der Waals surface area contributed by atoms with Crippen LogP contribution in [0.5, 0.6) is 11.5 Å². The maximum atomic E-state index is 12.0. The summed E-state index contributed by atoms with van der Waals surface area (Å²) in [6.45, 7) is 11.0. The number of halogens is 4. The molecule has 8 rings (SSSR count). The fourth-order valence-corrected chi connectivity index (χ4v) is 7.59. The average molecular weight is 898 g/mol. The van der Waals surface area contributed by atoms with E-state index in [4.69, 9.17) is 40.0 Å². The van der Waals surface area contributed by atoms with E-state index in [9.17, 15) is 30.0 Å². The molecule has 60 heavy (non-hydrogen) atoms. The number of carbonyl (C=O) groups is 2. The van der Waals surface area contributed by atoms with Crippen molar-refractivity contribution in [3.8, 4) is 11.5 Å². The van der Waals surface area contributed by atoms with Crippen LogP contribution in [0.1, 0.15) is 72.4 Å². The Hall–Kier alpha value is -4.13. The molecule has 17 heteroatoms. The van der Waals surface area contributed by atoms with Crippen molar-refractivity contribution in [3.63, 3.8) is 0 Å². The summed E-state index contributed by atoms with van der Waals surface area (Å²) in [5, 5.41) is 52.5. The van der Waals surface area contributed by atoms with Crippen LogP contribution in [0.15, 0.2) is 72.8 Å². The van der Waals surface area contributed by atoms with Crippen LogP contribution in [0.25, 0.3) is 21.8 Å². The van der Waals surface area contributed by atoms with Gasteiger partial charge in [0.25, 0.3) is 0 Å². The number of likely N-dealkylation sites (N-methyl/N-ethyl adjacent to an activating group) is 1. The molecule has 2 aliphatic heterocycles. The van der Waals surface area contributed by atoms with Gasteiger partial charge in [0.1, 0.15) is 11.1 Å². The summed E-state index contributed by atoms with van der Waals surface area (Å²) in [6.07, 6.45) is 2.45. The molecule has 2 aromatic heterocycles. The predicted octanol–water partition coefficient (Wildman–Crippen LogP) is 5.35. The zero-order chi connectivity index (χ0) is 40.1. The Morgan fingerprint density at radius 1 is 0.733 bits per heavy atom. The van der Waals surface area contributed by atoms with Crippen LogP contribution in [0.3, 0.4) is 0 Å². The number of nitrogens with one attached hydrogen (secondary N) is 1. The normalized spacial score (nSPS) is 12.6. The van der Waals surface area contributed by atoms with Crippen LogP contribution in [0.4, 0.5) is 0 Å². The van der Waals surface area contributed by atoms with Gasteiger partial charge in [-0.15, -0.1) is 24.8 Å². The molecule has 0 unspecified atom stereocenters. The van der Waals surface area contributed by atoms with E-state index in [1.807, 2.05) is 36.4 Å². The Bertz CT molecular complexity index is 2490. The van der Waals surface area contributed by atoms with Gasteiger partial charge in [-0.25, -0.2) is 19.6 Å². The minimum Gasteiger partial charge on any atom is -0.512 e. The molecule has 11 nitrogen and oxygen atoms in total. The van der Waals surface area contributed by atoms with Crippen molar-refractivity contribution in [1.29, 1.82) is 5.26 Å². The quantitative estimate of drug-likeness (QED) is 0.103. The number of nitrogens with zero attached hydrogens (tertiary/aromatic N) is 4. The maximum Gasteiger partial charge on any atom is 1.00 e. The SMILES string of the molecule is CCN1CCc2ccc3c(C(=O)O)c(O)c(Cc4ccc(Cl)cc4)nc3c2C1.Cl.Cl.O=C(O)c1c(O)c(Cc2ccc(Cl)cc2)nc2c3c(ccc12)CCNC3.[B].[C-]#N.[Na+]. The summed E-state index contributed by atoms with van der Waals surface area (Å²) in [6, 6.07) is 21.9. The minimum atomic E-state index is -1.16. The maximum absolute atomic E-state index is 12.0. The first-order chi connectivity index (χ1) is 27.0. The van der Waals surface area contributed by atoms with Gasteiger partial charge in [-0.1, -0.05) is 78.7 Å². The molecule has 5 N–H and O–H groups in total. The van der Waals surface area contributed by atoms with Crippen molar-refractivity contribution in [2.75, 3.05) is 19.6 Å². The first kappa shape index (κ1) is 52.0. The molecular formula is C43H40BCl4N5NaO6. The first-order valence-corrected chi connectivity index (χ1v) is 18.7. The van der Waals surface area contributed by atoms with Gasteiger partial charge < -0.3 is 37.6 Å². The zero-order valence-electron chi connectivity index (χ0n) is 32.8. The van der Waals surface area contributed by atoms with Crippen LogP contribution in [-0.4, -0.2) is 75.3 Å². The average Bonchev–Trinajstić information content (AvgIpc) is 3.20. The Balaban J connectivity index is 0.000000374. The Morgan fingerprint density at radius 2 is 1.17 bits per heavy atom. The largest absolute Gasteiger partial charge is 1.00 e. The molecule has 0 fully saturated rings. The summed E-state index contributed by atoms with van der Waals surface area (Å²) < 4.78 is 0. The number of carboxylic acids is 2. The van der Waals surface area contributed by atoms with Crippen LogP contribution in [0, 0.1) is 11.8 Å². The molecule has 305 valence electrons. The molecule has 0 saturated carbocycles. The van der Waals surface area contributed by atoms with Crippen LogP contribution in [0.2, 0.25) is 10.0 Å². The molecule has 0 aliphatic carbocycles. The zero-order valence-corrected chi connectivity index (χ0v) is 38.0. The third kappa shape index (κ3) is 11.2. The molecule has 0 bridgehead atoms. The van der Waals surface area contributed by atoms with Gasteiger partial charge in [-0.2, -0.15) is 0 Å². The van der Waals surface area contributed by atoms with Crippen molar-refractivity contribution < 1.29 is 59.6 Å². The minimum absolute atomic E-state index is 0. The number of aromatic carboxylic acids is 2. The summed E-state index contributed by atoms with van der Waals surface area (Å²) in [4.78, 5) is 35.5. The van der Waals surface area contributed by atoms with E-state index in [0.717, 1.165) is 61.3 Å². The smallest absolute Gasteiger partial charge is 0.512 e. The van der Waals surface area contributed by atoms with Gasteiger partial charge in [0.15, 0.2) is 11.5 Å². The van der Waals surface area contributed by atoms with Gasteiger partial charge in [0, 0.05) is 61.7 Å². The Kier molecular flexibility index (Phi) is 20.1. The number of aromatic hydroxyl groups is 2. The molecule has 0 amide bonds. The fraction of sp³-hybridized carbons (Fsp3) is 0.233. The fourth-order valence-electron chi connectivity index (χ4n) is 7.34. The number of aromatic nitrogens is 2. The van der Waals surface area contributed by atoms with Gasteiger partial charge >= 0.3 is 41.5 Å². The van der Waals surface area contributed by atoms with Crippen LogP contribution < -0.4 is 34.9 Å². The Labute approximate surface area is 394 Å². The second-order valence-electron chi connectivity index (χ2n) is 13.5.